The predicted molar refractivity (Wildman–Crippen MR) is 105 cm³/mol. The van der Waals surface area contributed by atoms with Crippen LogP contribution in [0.3, 0.4) is 0 Å². The molecule has 0 N–H and O–H groups in total. The Morgan fingerprint density at radius 3 is 2.60 bits per heavy atom. The maximum absolute atomic E-state index is 13.3. The third kappa shape index (κ3) is 3.62. The SMILES string of the molecule is Cc1sc2nc(SCC(=O)N(C)C)n(C3CCCCC3)c(=O)c2c1C. The van der Waals surface area contributed by atoms with Crippen LogP contribution in [0.25, 0.3) is 10.2 Å². The van der Waals surface area contributed by atoms with E-state index in [1.165, 1.54) is 18.2 Å². The van der Waals surface area contributed by atoms with Crippen molar-refractivity contribution in [2.24, 2.45) is 0 Å². The van der Waals surface area contributed by atoms with Gasteiger partial charge in [0.1, 0.15) is 4.83 Å². The number of fused-ring (bicyclic) bond motifs is 1. The van der Waals surface area contributed by atoms with Crippen molar-refractivity contribution in [1.82, 2.24) is 14.5 Å². The molecule has 136 valence electrons. The van der Waals surface area contributed by atoms with E-state index >= 15 is 0 Å². The first kappa shape index (κ1) is 18.5. The fourth-order valence-corrected chi connectivity index (χ4v) is 5.42. The maximum Gasteiger partial charge on any atom is 0.263 e. The number of amides is 1. The van der Waals surface area contributed by atoms with Crippen molar-refractivity contribution in [3.8, 4) is 0 Å². The van der Waals surface area contributed by atoms with Crippen molar-refractivity contribution in [3.05, 3.63) is 20.8 Å². The summed E-state index contributed by atoms with van der Waals surface area (Å²) in [5.74, 6) is 0.342. The molecule has 2 aromatic rings. The van der Waals surface area contributed by atoms with Gasteiger partial charge in [0.05, 0.1) is 11.1 Å². The lowest BCUT2D eigenvalue weighted by molar-refractivity contribution is -0.125. The molecule has 1 aliphatic carbocycles. The van der Waals surface area contributed by atoms with Crippen LogP contribution in [0.1, 0.15) is 48.6 Å². The van der Waals surface area contributed by atoms with Gasteiger partial charge in [-0.3, -0.25) is 14.2 Å². The van der Waals surface area contributed by atoms with Crippen LogP contribution in [0.4, 0.5) is 0 Å². The van der Waals surface area contributed by atoms with Gasteiger partial charge >= 0.3 is 0 Å². The molecule has 0 bridgehead atoms. The fraction of sp³-hybridized carbons (Fsp3) is 0.611. The van der Waals surface area contributed by atoms with Gasteiger partial charge in [-0.15, -0.1) is 11.3 Å². The van der Waals surface area contributed by atoms with Crippen LogP contribution in [0.15, 0.2) is 9.95 Å². The van der Waals surface area contributed by atoms with Gasteiger partial charge in [0.25, 0.3) is 5.56 Å². The third-order valence-electron chi connectivity index (χ3n) is 4.97. The minimum atomic E-state index is 0.0353. The molecular formula is C18H25N3O2S2. The van der Waals surface area contributed by atoms with Gasteiger partial charge in [-0.1, -0.05) is 31.0 Å². The van der Waals surface area contributed by atoms with E-state index in [1.54, 1.807) is 30.3 Å². The van der Waals surface area contributed by atoms with E-state index in [0.717, 1.165) is 46.3 Å². The van der Waals surface area contributed by atoms with Gasteiger partial charge in [0.2, 0.25) is 5.91 Å². The van der Waals surface area contributed by atoms with Crippen molar-refractivity contribution < 1.29 is 4.79 Å². The number of thioether (sulfide) groups is 1. The van der Waals surface area contributed by atoms with E-state index in [-0.39, 0.29) is 17.5 Å². The van der Waals surface area contributed by atoms with Crippen molar-refractivity contribution in [1.29, 1.82) is 0 Å². The molecular weight excluding hydrogens is 354 g/mol. The minimum Gasteiger partial charge on any atom is -0.348 e. The number of aromatic nitrogens is 2. The molecule has 0 radical (unpaired) electrons. The van der Waals surface area contributed by atoms with Crippen molar-refractivity contribution in [2.45, 2.75) is 57.1 Å². The monoisotopic (exact) mass is 379 g/mol. The van der Waals surface area contributed by atoms with Crippen LogP contribution in [-0.2, 0) is 4.79 Å². The number of aryl methyl sites for hydroxylation is 2. The van der Waals surface area contributed by atoms with E-state index in [9.17, 15) is 9.59 Å². The van der Waals surface area contributed by atoms with Gasteiger partial charge in [-0.2, -0.15) is 0 Å². The summed E-state index contributed by atoms with van der Waals surface area (Å²) in [6.07, 6.45) is 5.57. The first-order valence-corrected chi connectivity index (χ1v) is 10.6. The van der Waals surface area contributed by atoms with Gasteiger partial charge in [-0.05, 0) is 32.3 Å². The molecule has 0 unspecified atom stereocenters. The first-order chi connectivity index (χ1) is 11.9. The van der Waals surface area contributed by atoms with Crippen molar-refractivity contribution in [3.63, 3.8) is 0 Å². The summed E-state index contributed by atoms with van der Waals surface area (Å²) < 4.78 is 1.88. The Bertz CT molecular complexity index is 848. The summed E-state index contributed by atoms with van der Waals surface area (Å²) in [5, 5.41) is 1.46. The highest BCUT2D eigenvalue weighted by atomic mass is 32.2. The normalized spacial score (nSPS) is 15.7. The topological polar surface area (TPSA) is 55.2 Å². The standard InChI is InChI=1S/C18H25N3O2S2/c1-11-12(2)25-16-15(11)17(23)21(13-8-6-5-7-9-13)18(19-16)24-10-14(22)20(3)4/h13H,5-10H2,1-4H3. The third-order valence-corrected chi connectivity index (χ3v) is 7.00. The van der Waals surface area contributed by atoms with Gasteiger partial charge < -0.3 is 4.90 Å². The van der Waals surface area contributed by atoms with Gasteiger partial charge in [0.15, 0.2) is 5.16 Å². The zero-order valence-electron chi connectivity index (χ0n) is 15.3. The number of nitrogens with zero attached hydrogens (tertiary/aromatic N) is 3. The number of hydrogen-bond donors (Lipinski definition) is 0. The van der Waals surface area contributed by atoms with Gasteiger partial charge in [0, 0.05) is 25.0 Å². The summed E-state index contributed by atoms with van der Waals surface area (Å²) in [5.41, 5.74) is 1.11. The lowest BCUT2D eigenvalue weighted by Crippen LogP contribution is -2.30. The predicted octanol–water partition coefficient (Wildman–Crippen LogP) is 3.76. The quantitative estimate of drug-likeness (QED) is 0.599. The molecule has 1 aliphatic rings. The molecule has 0 saturated heterocycles. The summed E-state index contributed by atoms with van der Waals surface area (Å²) in [4.78, 5) is 33.6. The maximum atomic E-state index is 13.3. The van der Waals surface area contributed by atoms with Crippen LogP contribution in [0.5, 0.6) is 0 Å². The van der Waals surface area contributed by atoms with Crippen molar-refractivity contribution in [2.75, 3.05) is 19.8 Å². The zero-order chi connectivity index (χ0) is 18.1. The molecule has 2 heterocycles. The molecule has 0 spiro atoms. The Hall–Kier alpha value is -1.34. The van der Waals surface area contributed by atoms with E-state index in [4.69, 9.17) is 4.98 Å². The van der Waals surface area contributed by atoms with Crippen LogP contribution in [-0.4, -0.2) is 40.2 Å². The molecule has 1 fully saturated rings. The molecule has 0 aliphatic heterocycles. The number of carbonyl (C=O) groups is 1. The Labute approximate surface area is 156 Å². The molecule has 1 amide bonds. The lowest BCUT2D eigenvalue weighted by atomic mass is 9.95. The number of carbonyl (C=O) groups excluding carboxylic acids is 1. The highest BCUT2D eigenvalue weighted by Crippen LogP contribution is 2.33. The van der Waals surface area contributed by atoms with E-state index in [1.807, 2.05) is 18.4 Å². The zero-order valence-corrected chi connectivity index (χ0v) is 16.9. The second-order valence-corrected chi connectivity index (χ2v) is 9.05. The summed E-state index contributed by atoms with van der Waals surface area (Å²) in [6.45, 7) is 4.04. The molecule has 0 atom stereocenters. The van der Waals surface area contributed by atoms with Crippen molar-refractivity contribution >= 4 is 39.2 Å². The molecule has 2 aromatic heterocycles. The van der Waals surface area contributed by atoms with Crippen LogP contribution in [0, 0.1) is 13.8 Å². The average Bonchev–Trinajstić information content (AvgIpc) is 2.87. The number of hydrogen-bond acceptors (Lipinski definition) is 5. The van der Waals surface area contributed by atoms with E-state index in [0.29, 0.717) is 10.9 Å². The Balaban J connectivity index is 2.09. The van der Waals surface area contributed by atoms with E-state index in [2.05, 4.69) is 0 Å². The Morgan fingerprint density at radius 1 is 1.28 bits per heavy atom. The smallest absolute Gasteiger partial charge is 0.263 e. The number of rotatable bonds is 4. The fourth-order valence-electron chi connectivity index (χ4n) is 3.31. The number of thiophene rings is 1. The molecule has 0 aromatic carbocycles. The molecule has 25 heavy (non-hydrogen) atoms. The van der Waals surface area contributed by atoms with Gasteiger partial charge in [-0.25, -0.2) is 4.98 Å². The molecule has 1 saturated carbocycles. The molecule has 5 nitrogen and oxygen atoms in total. The van der Waals surface area contributed by atoms with Crippen LogP contribution in [0.2, 0.25) is 0 Å². The summed E-state index contributed by atoms with van der Waals surface area (Å²) in [6, 6.07) is 0.203. The highest BCUT2D eigenvalue weighted by molar-refractivity contribution is 7.99. The second-order valence-electron chi connectivity index (χ2n) is 6.90. The van der Waals surface area contributed by atoms with E-state index < -0.39 is 0 Å². The Kier molecular flexibility index (Phi) is 5.53. The lowest BCUT2D eigenvalue weighted by Gasteiger charge is -2.26. The summed E-state index contributed by atoms with van der Waals surface area (Å²) in [7, 11) is 3.50. The highest BCUT2D eigenvalue weighted by Gasteiger charge is 2.24. The molecule has 3 rings (SSSR count). The molecule has 7 heteroatoms. The Morgan fingerprint density at radius 2 is 1.96 bits per heavy atom. The van der Waals surface area contributed by atoms with Crippen LogP contribution < -0.4 is 5.56 Å². The van der Waals surface area contributed by atoms with Crippen LogP contribution >= 0.6 is 23.1 Å². The average molecular weight is 380 g/mol. The largest absolute Gasteiger partial charge is 0.348 e. The first-order valence-electron chi connectivity index (χ1n) is 8.75. The second kappa shape index (κ2) is 7.50. The minimum absolute atomic E-state index is 0.0353. The summed E-state index contributed by atoms with van der Waals surface area (Å²) >= 11 is 2.96.